The van der Waals surface area contributed by atoms with Crippen molar-refractivity contribution in [2.45, 2.75) is 33.2 Å². The summed E-state index contributed by atoms with van der Waals surface area (Å²) in [5.74, 6) is -1.21. The zero-order chi connectivity index (χ0) is 14.3. The Morgan fingerprint density at radius 2 is 2.11 bits per heavy atom. The number of fused-ring (bicyclic) bond motifs is 1. The normalized spacial score (nSPS) is 12.8. The van der Waals surface area contributed by atoms with Crippen LogP contribution in [0.4, 0.5) is 0 Å². The summed E-state index contributed by atoms with van der Waals surface area (Å²) in [6.07, 6.45) is 0.765. The summed E-state index contributed by atoms with van der Waals surface area (Å²) in [5.41, 5.74) is -0.409. The molecule has 2 heterocycles. The van der Waals surface area contributed by atoms with E-state index in [9.17, 15) is 14.4 Å². The number of aromatic amines is 1. The van der Waals surface area contributed by atoms with Gasteiger partial charge >= 0.3 is 11.7 Å². The van der Waals surface area contributed by atoms with Crippen molar-refractivity contribution in [2.75, 3.05) is 0 Å². The number of hydrogen-bond donors (Lipinski definition) is 2. The average molecular weight is 282 g/mol. The molecule has 0 aliphatic heterocycles. The highest BCUT2D eigenvalue weighted by Crippen LogP contribution is 2.26. The van der Waals surface area contributed by atoms with Gasteiger partial charge in [0.1, 0.15) is 10.9 Å². The molecule has 0 radical (unpaired) electrons. The van der Waals surface area contributed by atoms with Gasteiger partial charge in [-0.2, -0.15) is 0 Å². The monoisotopic (exact) mass is 282 g/mol. The number of aliphatic carboxylic acids is 1. The van der Waals surface area contributed by atoms with Crippen LogP contribution in [-0.4, -0.2) is 20.6 Å². The zero-order valence-electron chi connectivity index (χ0n) is 10.8. The molecule has 2 aromatic rings. The van der Waals surface area contributed by atoms with Crippen molar-refractivity contribution in [2.24, 2.45) is 0 Å². The fourth-order valence-corrected chi connectivity index (χ4v) is 3.20. The maximum Gasteiger partial charge on any atom is 0.330 e. The molecule has 2 aromatic heterocycles. The molecule has 19 heavy (non-hydrogen) atoms. The maximum atomic E-state index is 12.3. The SMILES string of the molecule is CCc1sc2[nH]c(=O)n(C(C)C(=O)O)c(=O)c2c1C. The molecule has 0 aromatic carbocycles. The molecule has 1 atom stereocenters. The molecule has 0 aliphatic rings. The Bertz CT molecular complexity index is 768. The zero-order valence-corrected chi connectivity index (χ0v) is 11.6. The van der Waals surface area contributed by atoms with Crippen LogP contribution in [0.25, 0.3) is 10.2 Å². The van der Waals surface area contributed by atoms with Crippen molar-refractivity contribution in [1.82, 2.24) is 9.55 Å². The largest absolute Gasteiger partial charge is 0.480 e. The molecule has 0 bridgehead atoms. The number of carbonyl (C=O) groups is 1. The number of H-pyrrole nitrogens is 1. The van der Waals surface area contributed by atoms with Gasteiger partial charge in [0.05, 0.1) is 5.39 Å². The Balaban J connectivity index is 2.89. The first-order chi connectivity index (χ1) is 8.88. The summed E-state index contributed by atoms with van der Waals surface area (Å²) in [4.78, 5) is 39.3. The molecule has 0 saturated carbocycles. The van der Waals surface area contributed by atoms with Crippen molar-refractivity contribution in [3.8, 4) is 0 Å². The van der Waals surface area contributed by atoms with Gasteiger partial charge in [0, 0.05) is 4.88 Å². The highest BCUT2D eigenvalue weighted by atomic mass is 32.1. The maximum absolute atomic E-state index is 12.3. The number of carboxylic acid groups (broad SMARTS) is 1. The van der Waals surface area contributed by atoms with Crippen molar-refractivity contribution in [3.63, 3.8) is 0 Å². The van der Waals surface area contributed by atoms with E-state index in [4.69, 9.17) is 5.11 Å². The second-order valence-corrected chi connectivity index (χ2v) is 5.43. The molecule has 0 saturated heterocycles. The fourth-order valence-electron chi connectivity index (χ4n) is 2.08. The minimum absolute atomic E-state index is 0.412. The molecular formula is C12H14N2O4S. The summed E-state index contributed by atoms with van der Waals surface area (Å²) < 4.78 is 0.754. The van der Waals surface area contributed by atoms with Crippen molar-refractivity contribution >= 4 is 27.5 Å². The van der Waals surface area contributed by atoms with Crippen LogP contribution in [0, 0.1) is 6.92 Å². The van der Waals surface area contributed by atoms with Crippen LogP contribution in [0.1, 0.15) is 30.3 Å². The second kappa shape index (κ2) is 4.65. The molecule has 2 N–H and O–H groups in total. The first kappa shape index (κ1) is 13.5. The Morgan fingerprint density at radius 1 is 1.47 bits per heavy atom. The number of hydrogen-bond acceptors (Lipinski definition) is 4. The van der Waals surface area contributed by atoms with Gasteiger partial charge in [0.2, 0.25) is 0 Å². The average Bonchev–Trinajstić information content (AvgIpc) is 2.65. The summed E-state index contributed by atoms with van der Waals surface area (Å²) in [5, 5.41) is 9.38. The number of aromatic nitrogens is 2. The lowest BCUT2D eigenvalue weighted by atomic mass is 10.2. The number of nitrogens with one attached hydrogen (secondary N) is 1. The highest BCUT2D eigenvalue weighted by molar-refractivity contribution is 7.18. The van der Waals surface area contributed by atoms with Gasteiger partial charge in [-0.1, -0.05) is 6.92 Å². The number of aryl methyl sites for hydroxylation is 2. The van der Waals surface area contributed by atoms with E-state index in [-0.39, 0.29) is 0 Å². The molecule has 0 aliphatic carbocycles. The minimum atomic E-state index is -1.21. The van der Waals surface area contributed by atoms with Gasteiger partial charge in [0.25, 0.3) is 5.56 Å². The van der Waals surface area contributed by atoms with Crippen LogP contribution < -0.4 is 11.2 Å². The summed E-state index contributed by atoms with van der Waals surface area (Å²) in [6, 6.07) is -1.19. The molecule has 0 fully saturated rings. The second-order valence-electron chi connectivity index (χ2n) is 4.33. The van der Waals surface area contributed by atoms with E-state index >= 15 is 0 Å². The standard InChI is InChI=1S/C12H14N2O4S/c1-4-7-5(2)8-9(19-7)13-12(18)14(10(8)15)6(3)11(16)17/h6H,4H2,1-3H3,(H,13,18)(H,16,17). The molecule has 6 nitrogen and oxygen atoms in total. The molecule has 7 heteroatoms. The Labute approximate surface area is 112 Å². The van der Waals surface area contributed by atoms with Crippen molar-refractivity contribution in [1.29, 1.82) is 0 Å². The quantitative estimate of drug-likeness (QED) is 0.886. The van der Waals surface area contributed by atoms with Gasteiger partial charge in [0.15, 0.2) is 0 Å². The predicted molar refractivity (Wildman–Crippen MR) is 73.2 cm³/mol. The van der Waals surface area contributed by atoms with Gasteiger partial charge < -0.3 is 5.11 Å². The smallest absolute Gasteiger partial charge is 0.330 e. The van der Waals surface area contributed by atoms with E-state index in [1.54, 1.807) is 0 Å². The predicted octanol–water partition coefficient (Wildman–Crippen LogP) is 1.27. The van der Waals surface area contributed by atoms with Gasteiger partial charge in [-0.25, -0.2) is 14.2 Å². The number of rotatable bonds is 3. The molecule has 0 amide bonds. The minimum Gasteiger partial charge on any atom is -0.480 e. The molecule has 2 rings (SSSR count). The van der Waals surface area contributed by atoms with Gasteiger partial charge in [-0.05, 0) is 25.8 Å². The van der Waals surface area contributed by atoms with E-state index in [0.29, 0.717) is 10.2 Å². The van der Waals surface area contributed by atoms with E-state index in [2.05, 4.69) is 4.98 Å². The highest BCUT2D eigenvalue weighted by Gasteiger charge is 2.21. The Hall–Kier alpha value is -1.89. The summed E-state index contributed by atoms with van der Waals surface area (Å²) >= 11 is 1.36. The molecule has 0 spiro atoms. The molecule has 1 unspecified atom stereocenters. The van der Waals surface area contributed by atoms with Gasteiger partial charge in [-0.15, -0.1) is 11.3 Å². The van der Waals surface area contributed by atoms with Crippen LogP contribution in [-0.2, 0) is 11.2 Å². The third-order valence-corrected chi connectivity index (χ3v) is 4.53. The summed E-state index contributed by atoms with van der Waals surface area (Å²) in [6.45, 7) is 5.09. The number of thiophene rings is 1. The van der Waals surface area contributed by atoms with E-state index < -0.39 is 23.3 Å². The first-order valence-corrected chi connectivity index (χ1v) is 6.69. The van der Waals surface area contributed by atoms with Crippen LogP contribution in [0.15, 0.2) is 9.59 Å². The van der Waals surface area contributed by atoms with Crippen LogP contribution in [0.5, 0.6) is 0 Å². The number of carboxylic acids is 1. The topological polar surface area (TPSA) is 92.2 Å². The van der Waals surface area contributed by atoms with Crippen LogP contribution in [0.2, 0.25) is 0 Å². The van der Waals surface area contributed by atoms with E-state index in [0.717, 1.165) is 21.4 Å². The molecular weight excluding hydrogens is 268 g/mol. The van der Waals surface area contributed by atoms with Crippen molar-refractivity contribution < 1.29 is 9.90 Å². The van der Waals surface area contributed by atoms with Crippen molar-refractivity contribution in [3.05, 3.63) is 31.3 Å². The van der Waals surface area contributed by atoms with Gasteiger partial charge in [-0.3, -0.25) is 9.78 Å². The number of nitrogens with zero attached hydrogens (tertiary/aromatic N) is 1. The van der Waals surface area contributed by atoms with Crippen LogP contribution >= 0.6 is 11.3 Å². The fraction of sp³-hybridized carbons (Fsp3) is 0.417. The third kappa shape index (κ3) is 1.99. The summed E-state index contributed by atoms with van der Waals surface area (Å²) in [7, 11) is 0. The Kier molecular flexibility index (Phi) is 3.32. The lowest BCUT2D eigenvalue weighted by Crippen LogP contribution is -2.39. The lowest BCUT2D eigenvalue weighted by molar-refractivity contribution is -0.140. The van der Waals surface area contributed by atoms with E-state index in [1.807, 2.05) is 13.8 Å². The lowest BCUT2D eigenvalue weighted by Gasteiger charge is -2.08. The molecule has 102 valence electrons. The first-order valence-electron chi connectivity index (χ1n) is 5.88. The van der Waals surface area contributed by atoms with Crippen LogP contribution in [0.3, 0.4) is 0 Å². The third-order valence-electron chi connectivity index (χ3n) is 3.18. The Morgan fingerprint density at radius 3 is 2.63 bits per heavy atom. The van der Waals surface area contributed by atoms with E-state index in [1.165, 1.54) is 18.3 Å².